The number of ether oxygens (including phenoxy) is 2. The molecule has 7 nitrogen and oxygen atoms in total. The molecular weight excluding hydrogens is 403 g/mol. The van der Waals surface area contributed by atoms with Gasteiger partial charge in [0.15, 0.2) is 0 Å². The molecule has 0 N–H and O–H groups in total. The number of piperidine rings is 1. The first-order valence-corrected chi connectivity index (χ1v) is 9.89. The summed E-state index contributed by atoms with van der Waals surface area (Å²) < 4.78 is 49.9. The molecule has 0 radical (unpaired) electrons. The number of amides is 2. The molecule has 2 aliphatic rings. The zero-order valence-corrected chi connectivity index (χ0v) is 17.2. The minimum Gasteiger partial charge on any atom is -0.470 e. The lowest BCUT2D eigenvalue weighted by Crippen LogP contribution is -2.59. The second-order valence-corrected chi connectivity index (χ2v) is 8.60. The van der Waals surface area contributed by atoms with Crippen molar-refractivity contribution in [1.29, 1.82) is 0 Å². The minimum atomic E-state index is -4.56. The molecule has 0 saturated carbocycles. The van der Waals surface area contributed by atoms with E-state index in [0.717, 1.165) is 6.07 Å². The van der Waals surface area contributed by atoms with E-state index in [9.17, 15) is 22.8 Å². The zero-order chi connectivity index (χ0) is 22.1. The zero-order valence-electron chi connectivity index (χ0n) is 17.2. The summed E-state index contributed by atoms with van der Waals surface area (Å²) >= 11 is 0. The third kappa shape index (κ3) is 5.34. The standard InChI is InChI=1S/C20H26F3N3O4/c1-19(2,3)30-18(28)25-9-5-6-13(10-25)17(27)26-11-14(12-26)29-16-15(20(21,22)23)7-4-8-24-16/h4,7-8,13-14H,5-6,9-12H2,1-3H3. The van der Waals surface area contributed by atoms with Gasteiger partial charge in [0.05, 0.1) is 19.0 Å². The summed E-state index contributed by atoms with van der Waals surface area (Å²) in [6, 6.07) is 2.11. The summed E-state index contributed by atoms with van der Waals surface area (Å²) in [5, 5.41) is 0. The fraction of sp³-hybridized carbons (Fsp3) is 0.650. The van der Waals surface area contributed by atoms with Gasteiger partial charge in [0, 0.05) is 19.3 Å². The van der Waals surface area contributed by atoms with Gasteiger partial charge in [-0.2, -0.15) is 13.2 Å². The summed E-state index contributed by atoms with van der Waals surface area (Å²) in [6.45, 7) is 6.53. The van der Waals surface area contributed by atoms with Crippen molar-refractivity contribution in [3.05, 3.63) is 23.9 Å². The highest BCUT2D eigenvalue weighted by molar-refractivity contribution is 5.81. The van der Waals surface area contributed by atoms with Crippen LogP contribution in [-0.4, -0.2) is 64.7 Å². The Hall–Kier alpha value is -2.52. The Morgan fingerprint density at radius 2 is 1.83 bits per heavy atom. The topological polar surface area (TPSA) is 72.0 Å². The number of nitrogens with zero attached hydrogens (tertiary/aromatic N) is 3. The van der Waals surface area contributed by atoms with Gasteiger partial charge in [-0.15, -0.1) is 0 Å². The second-order valence-electron chi connectivity index (χ2n) is 8.60. The van der Waals surface area contributed by atoms with Crippen molar-refractivity contribution in [3.63, 3.8) is 0 Å². The Labute approximate surface area is 173 Å². The van der Waals surface area contributed by atoms with E-state index in [2.05, 4.69) is 4.98 Å². The van der Waals surface area contributed by atoms with E-state index in [4.69, 9.17) is 9.47 Å². The molecule has 2 saturated heterocycles. The Morgan fingerprint density at radius 1 is 1.13 bits per heavy atom. The lowest BCUT2D eigenvalue weighted by atomic mass is 9.95. The predicted octanol–water partition coefficient (Wildman–Crippen LogP) is 3.34. The van der Waals surface area contributed by atoms with Gasteiger partial charge in [-0.05, 0) is 45.7 Å². The molecule has 30 heavy (non-hydrogen) atoms. The van der Waals surface area contributed by atoms with Crippen LogP contribution in [0.1, 0.15) is 39.2 Å². The van der Waals surface area contributed by atoms with Crippen LogP contribution in [0.15, 0.2) is 18.3 Å². The van der Waals surface area contributed by atoms with Crippen LogP contribution in [-0.2, 0) is 15.7 Å². The van der Waals surface area contributed by atoms with E-state index in [1.165, 1.54) is 17.2 Å². The lowest BCUT2D eigenvalue weighted by molar-refractivity contribution is -0.149. The van der Waals surface area contributed by atoms with Crippen molar-refractivity contribution in [2.45, 2.75) is 51.5 Å². The number of carbonyl (C=O) groups is 2. The van der Waals surface area contributed by atoms with Crippen molar-refractivity contribution in [2.75, 3.05) is 26.2 Å². The first-order chi connectivity index (χ1) is 13.9. The molecule has 0 aromatic carbocycles. The fourth-order valence-electron chi connectivity index (χ4n) is 3.48. The highest BCUT2D eigenvalue weighted by Gasteiger charge is 2.41. The first kappa shape index (κ1) is 22.2. The molecule has 3 rings (SSSR count). The molecule has 2 aliphatic heterocycles. The molecule has 2 fully saturated rings. The Balaban J connectivity index is 1.53. The predicted molar refractivity (Wildman–Crippen MR) is 101 cm³/mol. The molecule has 1 unspecified atom stereocenters. The van der Waals surface area contributed by atoms with E-state index in [1.807, 2.05) is 0 Å². The smallest absolute Gasteiger partial charge is 0.421 e. The molecule has 3 heterocycles. The number of alkyl halides is 3. The number of pyridine rings is 1. The van der Waals surface area contributed by atoms with E-state index < -0.39 is 35.4 Å². The Morgan fingerprint density at radius 3 is 2.47 bits per heavy atom. The summed E-state index contributed by atoms with van der Waals surface area (Å²) in [5.74, 6) is -0.955. The van der Waals surface area contributed by atoms with Crippen molar-refractivity contribution in [1.82, 2.24) is 14.8 Å². The van der Waals surface area contributed by atoms with Crippen molar-refractivity contribution >= 4 is 12.0 Å². The summed E-state index contributed by atoms with van der Waals surface area (Å²) in [5.41, 5.74) is -1.55. The average molecular weight is 429 g/mol. The number of aromatic nitrogens is 1. The van der Waals surface area contributed by atoms with Crippen LogP contribution in [0.2, 0.25) is 0 Å². The van der Waals surface area contributed by atoms with Crippen molar-refractivity contribution in [3.8, 4) is 5.88 Å². The van der Waals surface area contributed by atoms with E-state index in [-0.39, 0.29) is 31.5 Å². The lowest BCUT2D eigenvalue weighted by Gasteiger charge is -2.42. The fourth-order valence-corrected chi connectivity index (χ4v) is 3.48. The highest BCUT2D eigenvalue weighted by atomic mass is 19.4. The maximum Gasteiger partial charge on any atom is 0.421 e. The van der Waals surface area contributed by atoms with Crippen LogP contribution in [0.3, 0.4) is 0 Å². The van der Waals surface area contributed by atoms with Crippen LogP contribution in [0.25, 0.3) is 0 Å². The number of hydrogen-bond acceptors (Lipinski definition) is 5. The van der Waals surface area contributed by atoms with Gasteiger partial charge >= 0.3 is 12.3 Å². The van der Waals surface area contributed by atoms with Gasteiger partial charge in [-0.3, -0.25) is 4.79 Å². The van der Waals surface area contributed by atoms with Gasteiger partial charge in [-0.25, -0.2) is 9.78 Å². The van der Waals surface area contributed by atoms with Crippen LogP contribution in [0.5, 0.6) is 5.88 Å². The molecule has 10 heteroatoms. The molecule has 1 atom stereocenters. The highest BCUT2D eigenvalue weighted by Crippen LogP contribution is 2.35. The summed E-state index contributed by atoms with van der Waals surface area (Å²) in [6.07, 6.45) is -2.98. The molecule has 1 aromatic rings. The minimum absolute atomic E-state index is 0.125. The second kappa shape index (κ2) is 8.31. The normalized spacial score (nSPS) is 20.5. The molecular formula is C20H26F3N3O4. The number of rotatable bonds is 3. The van der Waals surface area contributed by atoms with Crippen LogP contribution in [0.4, 0.5) is 18.0 Å². The maximum absolute atomic E-state index is 13.0. The van der Waals surface area contributed by atoms with Gasteiger partial charge in [0.2, 0.25) is 11.8 Å². The molecule has 1 aromatic heterocycles. The van der Waals surface area contributed by atoms with E-state index >= 15 is 0 Å². The van der Waals surface area contributed by atoms with Gasteiger partial charge in [-0.1, -0.05) is 0 Å². The molecule has 166 valence electrons. The summed E-state index contributed by atoms with van der Waals surface area (Å²) in [4.78, 5) is 31.8. The average Bonchev–Trinajstić information content (AvgIpc) is 2.62. The number of likely N-dealkylation sites (tertiary alicyclic amines) is 2. The Kier molecular flexibility index (Phi) is 6.14. The first-order valence-electron chi connectivity index (χ1n) is 9.89. The molecule has 0 spiro atoms. The van der Waals surface area contributed by atoms with Crippen molar-refractivity contribution < 1.29 is 32.2 Å². The van der Waals surface area contributed by atoms with Crippen LogP contribution in [0, 0.1) is 5.92 Å². The number of hydrogen-bond donors (Lipinski definition) is 0. The van der Waals surface area contributed by atoms with Gasteiger partial charge < -0.3 is 19.3 Å². The third-order valence-corrected chi connectivity index (χ3v) is 4.94. The van der Waals surface area contributed by atoms with Gasteiger partial charge in [0.1, 0.15) is 17.3 Å². The van der Waals surface area contributed by atoms with Crippen molar-refractivity contribution in [2.24, 2.45) is 5.92 Å². The molecule has 0 aliphatic carbocycles. The number of halogens is 3. The maximum atomic E-state index is 13.0. The largest absolute Gasteiger partial charge is 0.470 e. The summed E-state index contributed by atoms with van der Waals surface area (Å²) in [7, 11) is 0. The third-order valence-electron chi connectivity index (χ3n) is 4.94. The van der Waals surface area contributed by atoms with Gasteiger partial charge in [0.25, 0.3) is 0 Å². The molecule has 0 bridgehead atoms. The number of carbonyl (C=O) groups excluding carboxylic acids is 2. The van der Waals surface area contributed by atoms with Crippen LogP contribution >= 0.6 is 0 Å². The molecule has 2 amide bonds. The Bertz CT molecular complexity index is 788. The van der Waals surface area contributed by atoms with Crippen LogP contribution < -0.4 is 4.74 Å². The van der Waals surface area contributed by atoms with E-state index in [1.54, 1.807) is 25.7 Å². The SMILES string of the molecule is CC(C)(C)OC(=O)N1CCCC(C(=O)N2CC(Oc3ncccc3C(F)(F)F)C2)C1. The quantitative estimate of drug-likeness (QED) is 0.737. The monoisotopic (exact) mass is 429 g/mol. The van der Waals surface area contributed by atoms with E-state index in [0.29, 0.717) is 19.4 Å².